The fraction of sp³-hybridized carbons (Fsp3) is 0.192. The Morgan fingerprint density at radius 3 is 2.56 bits per heavy atom. The summed E-state index contributed by atoms with van der Waals surface area (Å²) in [6, 6.07) is 20.9. The van der Waals surface area contributed by atoms with E-state index in [2.05, 4.69) is 16.0 Å². The summed E-state index contributed by atoms with van der Waals surface area (Å²) in [5.41, 5.74) is 10.3. The lowest BCUT2D eigenvalue weighted by Crippen LogP contribution is -2.47. The number of hydrogen-bond acceptors (Lipinski definition) is 3. The van der Waals surface area contributed by atoms with Gasteiger partial charge in [-0.3, -0.25) is 14.6 Å². The van der Waals surface area contributed by atoms with Crippen LogP contribution in [0.15, 0.2) is 79.1 Å². The van der Waals surface area contributed by atoms with Crippen molar-refractivity contribution in [3.05, 3.63) is 90.3 Å². The number of primary amides is 1. The number of hydrogen-bond donors (Lipinski definition) is 2. The Hall–Kier alpha value is -3.93. The Bertz CT molecular complexity index is 1270. The molecule has 3 N–H and O–H groups in total. The van der Waals surface area contributed by atoms with Crippen LogP contribution in [0.2, 0.25) is 0 Å². The summed E-state index contributed by atoms with van der Waals surface area (Å²) >= 11 is 0. The normalized spacial score (nSPS) is 18.2. The van der Waals surface area contributed by atoms with Gasteiger partial charge < -0.3 is 15.6 Å². The van der Waals surface area contributed by atoms with Crippen LogP contribution in [-0.4, -0.2) is 39.3 Å². The second kappa shape index (κ2) is 8.30. The van der Waals surface area contributed by atoms with E-state index in [1.165, 1.54) is 0 Å². The van der Waals surface area contributed by atoms with Crippen molar-refractivity contribution in [2.45, 2.75) is 18.9 Å². The highest BCUT2D eigenvalue weighted by atomic mass is 16.2. The van der Waals surface area contributed by atoms with E-state index in [1.807, 2.05) is 60.7 Å². The van der Waals surface area contributed by atoms with E-state index in [0.29, 0.717) is 12.1 Å². The summed E-state index contributed by atoms with van der Waals surface area (Å²) < 4.78 is 0. The first-order chi connectivity index (χ1) is 15.6. The second-order valence-electron chi connectivity index (χ2n) is 8.31. The summed E-state index contributed by atoms with van der Waals surface area (Å²) in [6.07, 6.45) is 4.98. The van der Waals surface area contributed by atoms with Gasteiger partial charge in [0.2, 0.25) is 5.91 Å². The number of nitrogens with one attached hydrogen (secondary N) is 1. The SMILES string of the molecule is NC(=O)C1C(Cc2ccccc2)CCN1C(=O)c1ccc2cc(-c3ccncc3)[nH]c2c1. The zero-order chi connectivity index (χ0) is 22.1. The first kappa shape index (κ1) is 20.0. The lowest BCUT2D eigenvalue weighted by atomic mass is 9.92. The third kappa shape index (κ3) is 3.75. The van der Waals surface area contributed by atoms with Crippen LogP contribution < -0.4 is 5.73 Å². The molecule has 32 heavy (non-hydrogen) atoms. The molecule has 5 rings (SSSR count). The number of carbonyl (C=O) groups excluding carboxylic acids is 2. The zero-order valence-corrected chi connectivity index (χ0v) is 17.6. The number of fused-ring (bicyclic) bond motifs is 1. The van der Waals surface area contributed by atoms with Crippen LogP contribution in [0.3, 0.4) is 0 Å². The molecular formula is C26H24N4O2. The number of nitrogens with zero attached hydrogens (tertiary/aromatic N) is 2. The molecule has 2 unspecified atom stereocenters. The minimum absolute atomic E-state index is 0.0198. The number of pyridine rings is 1. The number of carbonyl (C=O) groups is 2. The number of aromatic nitrogens is 2. The van der Waals surface area contributed by atoms with Gasteiger partial charge in [-0.05, 0) is 54.7 Å². The van der Waals surface area contributed by atoms with Gasteiger partial charge in [0, 0.05) is 46.7 Å². The lowest BCUT2D eigenvalue weighted by molar-refractivity contribution is -0.122. The first-order valence-electron chi connectivity index (χ1n) is 10.8. The van der Waals surface area contributed by atoms with Gasteiger partial charge in [0.05, 0.1) is 0 Å². The first-order valence-corrected chi connectivity index (χ1v) is 10.8. The van der Waals surface area contributed by atoms with Crippen LogP contribution >= 0.6 is 0 Å². The Labute approximate surface area is 186 Å². The molecule has 4 aromatic rings. The molecule has 1 aliphatic rings. The van der Waals surface area contributed by atoms with Crippen molar-refractivity contribution in [3.8, 4) is 11.3 Å². The average Bonchev–Trinajstić information content (AvgIpc) is 3.44. The number of likely N-dealkylation sites (tertiary alicyclic amines) is 1. The van der Waals surface area contributed by atoms with Gasteiger partial charge >= 0.3 is 0 Å². The van der Waals surface area contributed by atoms with Gasteiger partial charge in [-0.2, -0.15) is 0 Å². The van der Waals surface area contributed by atoms with E-state index >= 15 is 0 Å². The molecule has 0 radical (unpaired) electrons. The fourth-order valence-electron chi connectivity index (χ4n) is 4.71. The van der Waals surface area contributed by atoms with E-state index in [9.17, 15) is 9.59 Å². The summed E-state index contributed by atoms with van der Waals surface area (Å²) in [6.45, 7) is 0.523. The standard InChI is InChI=1S/C26H24N4O2/c27-25(31)24-20(14-17-4-2-1-3-5-17)10-13-30(24)26(32)21-7-6-19-15-22(29-23(19)16-21)18-8-11-28-12-9-18/h1-9,11-12,15-16,20,24,29H,10,13-14H2,(H2,27,31). The van der Waals surface area contributed by atoms with E-state index in [1.54, 1.807) is 17.3 Å². The van der Waals surface area contributed by atoms with Gasteiger partial charge in [0.25, 0.3) is 5.91 Å². The maximum absolute atomic E-state index is 13.4. The fourth-order valence-corrected chi connectivity index (χ4v) is 4.71. The summed E-state index contributed by atoms with van der Waals surface area (Å²) in [4.78, 5) is 34.8. The van der Waals surface area contributed by atoms with Crippen molar-refractivity contribution in [2.75, 3.05) is 6.54 Å². The molecule has 2 amide bonds. The Morgan fingerprint density at radius 1 is 1.03 bits per heavy atom. The van der Waals surface area contributed by atoms with E-state index < -0.39 is 11.9 Å². The summed E-state index contributed by atoms with van der Waals surface area (Å²) in [5.74, 6) is -0.588. The van der Waals surface area contributed by atoms with E-state index in [-0.39, 0.29) is 11.8 Å². The van der Waals surface area contributed by atoms with Crippen LogP contribution in [0.5, 0.6) is 0 Å². The molecule has 2 aromatic heterocycles. The quantitative estimate of drug-likeness (QED) is 0.511. The van der Waals surface area contributed by atoms with Gasteiger partial charge in [-0.1, -0.05) is 36.4 Å². The van der Waals surface area contributed by atoms with E-state index in [4.69, 9.17) is 5.73 Å². The van der Waals surface area contributed by atoms with Gasteiger partial charge in [0.1, 0.15) is 6.04 Å². The molecule has 0 bridgehead atoms. The van der Waals surface area contributed by atoms with Gasteiger partial charge in [-0.15, -0.1) is 0 Å². The van der Waals surface area contributed by atoms with Crippen LogP contribution in [0.25, 0.3) is 22.2 Å². The van der Waals surface area contributed by atoms with Gasteiger partial charge in [0.15, 0.2) is 0 Å². The van der Waals surface area contributed by atoms with Crippen molar-refractivity contribution in [3.63, 3.8) is 0 Å². The molecule has 160 valence electrons. The molecule has 0 saturated carbocycles. The van der Waals surface area contributed by atoms with Crippen LogP contribution in [-0.2, 0) is 11.2 Å². The van der Waals surface area contributed by atoms with Crippen molar-refractivity contribution in [2.24, 2.45) is 11.7 Å². The molecule has 0 spiro atoms. The smallest absolute Gasteiger partial charge is 0.254 e. The van der Waals surface area contributed by atoms with E-state index in [0.717, 1.165) is 40.6 Å². The molecule has 1 aliphatic heterocycles. The van der Waals surface area contributed by atoms with Crippen molar-refractivity contribution in [1.82, 2.24) is 14.9 Å². The predicted octanol–water partition coefficient (Wildman–Crippen LogP) is 3.79. The molecule has 3 heterocycles. The average molecular weight is 425 g/mol. The molecule has 1 saturated heterocycles. The Balaban J connectivity index is 1.40. The second-order valence-corrected chi connectivity index (χ2v) is 8.31. The largest absolute Gasteiger partial charge is 0.368 e. The van der Waals surface area contributed by atoms with Gasteiger partial charge in [-0.25, -0.2) is 0 Å². The summed E-state index contributed by atoms with van der Waals surface area (Å²) in [7, 11) is 0. The molecule has 0 aliphatic carbocycles. The number of rotatable bonds is 5. The number of nitrogens with two attached hydrogens (primary N) is 1. The van der Waals surface area contributed by atoms with Crippen molar-refractivity contribution in [1.29, 1.82) is 0 Å². The number of benzene rings is 2. The molecule has 1 fully saturated rings. The minimum Gasteiger partial charge on any atom is -0.368 e. The lowest BCUT2D eigenvalue weighted by Gasteiger charge is -2.26. The molecule has 6 heteroatoms. The van der Waals surface area contributed by atoms with Crippen LogP contribution in [0.4, 0.5) is 0 Å². The molecular weight excluding hydrogens is 400 g/mol. The number of aromatic amines is 1. The van der Waals surface area contributed by atoms with Crippen molar-refractivity contribution >= 4 is 22.7 Å². The molecule has 2 atom stereocenters. The minimum atomic E-state index is -0.602. The predicted molar refractivity (Wildman–Crippen MR) is 124 cm³/mol. The third-order valence-corrected chi connectivity index (χ3v) is 6.28. The third-order valence-electron chi connectivity index (χ3n) is 6.28. The Morgan fingerprint density at radius 2 is 1.81 bits per heavy atom. The highest BCUT2D eigenvalue weighted by Crippen LogP contribution is 2.30. The van der Waals surface area contributed by atoms with Crippen LogP contribution in [0.1, 0.15) is 22.3 Å². The monoisotopic (exact) mass is 424 g/mol. The number of amides is 2. The highest BCUT2D eigenvalue weighted by Gasteiger charge is 2.40. The molecule has 2 aromatic carbocycles. The zero-order valence-electron chi connectivity index (χ0n) is 17.6. The van der Waals surface area contributed by atoms with Crippen molar-refractivity contribution < 1.29 is 9.59 Å². The summed E-state index contributed by atoms with van der Waals surface area (Å²) in [5, 5.41) is 1.02. The highest BCUT2D eigenvalue weighted by molar-refractivity contribution is 6.01. The maximum atomic E-state index is 13.4. The molecule has 6 nitrogen and oxygen atoms in total. The maximum Gasteiger partial charge on any atom is 0.254 e. The topological polar surface area (TPSA) is 92.1 Å². The Kier molecular flexibility index (Phi) is 5.19. The van der Waals surface area contributed by atoms with Crippen LogP contribution in [0, 0.1) is 5.92 Å². The number of H-pyrrole nitrogens is 1.